The van der Waals surface area contributed by atoms with Crippen LogP contribution in [0.15, 0.2) is 66.7 Å². The molecule has 0 bridgehead atoms. The van der Waals surface area contributed by atoms with E-state index in [4.69, 9.17) is 10.5 Å². The molecule has 3 aromatic carbocycles. The molecule has 0 aromatic heterocycles. The molecule has 0 aliphatic rings. The van der Waals surface area contributed by atoms with Crippen LogP contribution in [0.4, 0.5) is 0 Å². The fourth-order valence-corrected chi connectivity index (χ4v) is 2.32. The number of hydrogen-bond acceptors (Lipinski definition) is 2. The fraction of sp³-hybridized carbons (Fsp3) is 0.0556. The number of primary amides is 1. The van der Waals surface area contributed by atoms with Gasteiger partial charge in [-0.1, -0.05) is 48.5 Å². The number of ether oxygens (including phenoxy) is 1. The maximum absolute atomic E-state index is 11.2. The van der Waals surface area contributed by atoms with E-state index in [0.717, 1.165) is 5.56 Å². The highest BCUT2D eigenvalue weighted by molar-refractivity contribution is 5.93. The van der Waals surface area contributed by atoms with Gasteiger partial charge in [0.2, 0.25) is 5.91 Å². The summed E-state index contributed by atoms with van der Waals surface area (Å²) in [6.07, 6.45) is 0. The third-order valence-electron chi connectivity index (χ3n) is 3.39. The Morgan fingerprint density at radius 1 is 0.952 bits per heavy atom. The van der Waals surface area contributed by atoms with E-state index in [1.807, 2.05) is 30.3 Å². The van der Waals surface area contributed by atoms with Crippen molar-refractivity contribution in [2.45, 2.75) is 6.61 Å². The molecule has 0 saturated carbocycles. The first-order valence-electron chi connectivity index (χ1n) is 6.73. The van der Waals surface area contributed by atoms with Gasteiger partial charge in [0, 0.05) is 5.56 Å². The number of carbonyl (C=O) groups excluding carboxylic acids is 1. The predicted molar refractivity (Wildman–Crippen MR) is 83.2 cm³/mol. The van der Waals surface area contributed by atoms with Crippen LogP contribution in [-0.2, 0) is 6.61 Å². The summed E-state index contributed by atoms with van der Waals surface area (Å²) in [6, 6.07) is 21.2. The van der Waals surface area contributed by atoms with Crippen molar-refractivity contribution >= 4 is 16.7 Å². The van der Waals surface area contributed by atoms with Crippen molar-refractivity contribution in [3.63, 3.8) is 0 Å². The van der Waals surface area contributed by atoms with E-state index < -0.39 is 5.91 Å². The summed E-state index contributed by atoms with van der Waals surface area (Å²) in [5.41, 5.74) is 6.83. The minimum absolute atomic E-state index is 0.448. The monoisotopic (exact) mass is 277 g/mol. The molecule has 0 aliphatic heterocycles. The lowest BCUT2D eigenvalue weighted by Crippen LogP contribution is -2.10. The molecule has 3 heteroatoms. The van der Waals surface area contributed by atoms with Crippen LogP contribution in [-0.4, -0.2) is 5.91 Å². The van der Waals surface area contributed by atoms with Gasteiger partial charge in [-0.2, -0.15) is 0 Å². The summed E-state index contributed by atoms with van der Waals surface area (Å²) in [7, 11) is 0. The van der Waals surface area contributed by atoms with Crippen molar-refractivity contribution < 1.29 is 9.53 Å². The quantitative estimate of drug-likeness (QED) is 0.793. The molecule has 0 aliphatic carbocycles. The van der Waals surface area contributed by atoms with Crippen molar-refractivity contribution in [3.05, 3.63) is 77.9 Å². The van der Waals surface area contributed by atoms with Gasteiger partial charge in [-0.05, 0) is 34.5 Å². The minimum atomic E-state index is -0.453. The Morgan fingerprint density at radius 2 is 1.71 bits per heavy atom. The highest BCUT2D eigenvalue weighted by Crippen LogP contribution is 2.21. The van der Waals surface area contributed by atoms with E-state index in [2.05, 4.69) is 18.2 Å². The third kappa shape index (κ3) is 2.87. The van der Waals surface area contributed by atoms with Gasteiger partial charge in [0.05, 0.1) is 0 Å². The number of rotatable bonds is 4. The zero-order chi connectivity index (χ0) is 14.7. The number of amides is 1. The lowest BCUT2D eigenvalue weighted by molar-refractivity contribution is 0.1000. The van der Waals surface area contributed by atoms with Gasteiger partial charge in [0.15, 0.2) is 0 Å². The second-order valence-corrected chi connectivity index (χ2v) is 4.82. The summed E-state index contributed by atoms with van der Waals surface area (Å²) in [5, 5.41) is 2.36. The minimum Gasteiger partial charge on any atom is -0.489 e. The van der Waals surface area contributed by atoms with Crippen LogP contribution < -0.4 is 10.5 Å². The Labute approximate surface area is 123 Å². The van der Waals surface area contributed by atoms with E-state index in [1.165, 1.54) is 10.8 Å². The fourth-order valence-electron chi connectivity index (χ4n) is 2.32. The first-order chi connectivity index (χ1) is 10.2. The average Bonchev–Trinajstić information content (AvgIpc) is 2.53. The zero-order valence-corrected chi connectivity index (χ0v) is 11.5. The Bertz CT molecular complexity index is 791. The number of carbonyl (C=O) groups is 1. The summed E-state index contributed by atoms with van der Waals surface area (Å²) in [5.74, 6) is 0.185. The number of benzene rings is 3. The van der Waals surface area contributed by atoms with Crippen LogP contribution in [0.5, 0.6) is 5.75 Å². The van der Waals surface area contributed by atoms with Gasteiger partial charge < -0.3 is 10.5 Å². The van der Waals surface area contributed by atoms with Crippen molar-refractivity contribution in [2.75, 3.05) is 0 Å². The predicted octanol–water partition coefficient (Wildman–Crippen LogP) is 3.52. The summed E-state index contributed by atoms with van der Waals surface area (Å²) in [4.78, 5) is 11.2. The van der Waals surface area contributed by atoms with Crippen LogP contribution in [0, 0.1) is 0 Å². The molecular weight excluding hydrogens is 262 g/mol. The maximum Gasteiger partial charge on any atom is 0.248 e. The third-order valence-corrected chi connectivity index (χ3v) is 3.39. The standard InChI is InChI=1S/C18H15NO2/c19-18(20)14-7-4-9-16(11-14)21-12-15-8-3-6-13-5-1-2-10-17(13)15/h1-11H,12H2,(H2,19,20). The molecule has 3 nitrogen and oxygen atoms in total. The normalized spacial score (nSPS) is 10.5. The second-order valence-electron chi connectivity index (χ2n) is 4.82. The van der Waals surface area contributed by atoms with Crippen molar-refractivity contribution in [1.82, 2.24) is 0 Å². The van der Waals surface area contributed by atoms with Crippen LogP contribution in [0.1, 0.15) is 15.9 Å². The van der Waals surface area contributed by atoms with Crippen molar-refractivity contribution in [3.8, 4) is 5.75 Å². The van der Waals surface area contributed by atoms with E-state index in [0.29, 0.717) is 17.9 Å². The number of nitrogens with two attached hydrogens (primary N) is 1. The molecular formula is C18H15NO2. The number of fused-ring (bicyclic) bond motifs is 1. The van der Waals surface area contributed by atoms with E-state index in [1.54, 1.807) is 18.2 Å². The van der Waals surface area contributed by atoms with Crippen LogP contribution >= 0.6 is 0 Å². The Hall–Kier alpha value is -2.81. The lowest BCUT2D eigenvalue weighted by Gasteiger charge is -2.09. The SMILES string of the molecule is NC(=O)c1cccc(OCc2cccc3ccccc23)c1. The van der Waals surface area contributed by atoms with Gasteiger partial charge in [-0.3, -0.25) is 4.79 Å². The molecule has 21 heavy (non-hydrogen) atoms. The molecule has 0 fully saturated rings. The Morgan fingerprint density at radius 3 is 2.57 bits per heavy atom. The van der Waals surface area contributed by atoms with Crippen LogP contribution in [0.25, 0.3) is 10.8 Å². The highest BCUT2D eigenvalue weighted by atomic mass is 16.5. The molecule has 0 radical (unpaired) electrons. The zero-order valence-electron chi connectivity index (χ0n) is 11.5. The first kappa shape index (κ1) is 13.2. The van der Waals surface area contributed by atoms with E-state index >= 15 is 0 Å². The molecule has 2 N–H and O–H groups in total. The molecule has 1 amide bonds. The molecule has 3 aromatic rings. The van der Waals surface area contributed by atoms with Gasteiger partial charge in [0.1, 0.15) is 12.4 Å². The number of hydrogen-bond donors (Lipinski definition) is 1. The molecule has 0 saturated heterocycles. The Balaban J connectivity index is 1.84. The Kier molecular flexibility index (Phi) is 3.56. The molecule has 0 heterocycles. The molecule has 0 atom stereocenters. The second kappa shape index (κ2) is 5.67. The summed E-state index contributed by atoms with van der Waals surface area (Å²) in [6.45, 7) is 0.448. The molecule has 3 rings (SSSR count). The van der Waals surface area contributed by atoms with Gasteiger partial charge in [0.25, 0.3) is 0 Å². The van der Waals surface area contributed by atoms with Crippen LogP contribution in [0.2, 0.25) is 0 Å². The van der Waals surface area contributed by atoms with Crippen molar-refractivity contribution in [2.24, 2.45) is 5.73 Å². The molecule has 104 valence electrons. The van der Waals surface area contributed by atoms with Crippen molar-refractivity contribution in [1.29, 1.82) is 0 Å². The topological polar surface area (TPSA) is 52.3 Å². The highest BCUT2D eigenvalue weighted by Gasteiger charge is 2.04. The van der Waals surface area contributed by atoms with Crippen LogP contribution in [0.3, 0.4) is 0 Å². The average molecular weight is 277 g/mol. The largest absolute Gasteiger partial charge is 0.489 e. The maximum atomic E-state index is 11.2. The smallest absolute Gasteiger partial charge is 0.248 e. The van der Waals surface area contributed by atoms with E-state index in [-0.39, 0.29) is 0 Å². The summed E-state index contributed by atoms with van der Waals surface area (Å²) < 4.78 is 5.78. The van der Waals surface area contributed by atoms with E-state index in [9.17, 15) is 4.79 Å². The lowest BCUT2D eigenvalue weighted by atomic mass is 10.1. The first-order valence-corrected chi connectivity index (χ1v) is 6.73. The molecule has 0 spiro atoms. The van der Waals surface area contributed by atoms with Gasteiger partial charge >= 0.3 is 0 Å². The molecule has 0 unspecified atom stereocenters. The van der Waals surface area contributed by atoms with Gasteiger partial charge in [-0.15, -0.1) is 0 Å². The van der Waals surface area contributed by atoms with Gasteiger partial charge in [-0.25, -0.2) is 0 Å². The summed E-state index contributed by atoms with van der Waals surface area (Å²) >= 11 is 0.